The normalized spacial score (nSPS) is 11.6. The summed E-state index contributed by atoms with van der Waals surface area (Å²) < 4.78 is 6.56. The van der Waals surface area contributed by atoms with Gasteiger partial charge < -0.3 is 4.52 Å². The Balaban J connectivity index is 1.95. The predicted molar refractivity (Wildman–Crippen MR) is 94.9 cm³/mol. The van der Waals surface area contributed by atoms with Gasteiger partial charge in [0.2, 0.25) is 0 Å². The first-order valence-corrected chi connectivity index (χ1v) is 8.15. The van der Waals surface area contributed by atoms with Crippen molar-refractivity contribution in [2.24, 2.45) is 0 Å². The molecule has 0 aliphatic heterocycles. The molecule has 1 aromatic carbocycles. The average molecular weight is 339 g/mol. The average Bonchev–Trinajstić information content (AvgIpc) is 3.01. The third-order valence-corrected chi connectivity index (χ3v) is 4.09. The van der Waals surface area contributed by atoms with E-state index in [1.54, 1.807) is 12.5 Å². The van der Waals surface area contributed by atoms with E-state index in [0.29, 0.717) is 17.7 Å². The van der Waals surface area contributed by atoms with Crippen molar-refractivity contribution in [3.63, 3.8) is 0 Å². The summed E-state index contributed by atoms with van der Waals surface area (Å²) in [5.41, 5.74) is 2.21. The van der Waals surface area contributed by atoms with Crippen LogP contribution < -0.4 is 11.2 Å². The van der Waals surface area contributed by atoms with Crippen molar-refractivity contribution >= 4 is 0 Å². The molecular formula is C19H21N3O3. The molecule has 25 heavy (non-hydrogen) atoms. The van der Waals surface area contributed by atoms with Crippen molar-refractivity contribution in [1.29, 1.82) is 0 Å². The quantitative estimate of drug-likeness (QED) is 0.792. The van der Waals surface area contributed by atoms with Gasteiger partial charge in [-0.1, -0.05) is 56.3 Å². The van der Waals surface area contributed by atoms with Crippen molar-refractivity contribution in [1.82, 2.24) is 14.7 Å². The Kier molecular flexibility index (Phi) is 4.44. The molecule has 2 aromatic heterocycles. The summed E-state index contributed by atoms with van der Waals surface area (Å²) in [5.74, 6) is 0. The van der Waals surface area contributed by atoms with Crippen LogP contribution in [0.3, 0.4) is 0 Å². The van der Waals surface area contributed by atoms with Gasteiger partial charge in [0.15, 0.2) is 0 Å². The van der Waals surface area contributed by atoms with Crippen molar-refractivity contribution in [3.05, 3.63) is 86.0 Å². The Labute approximate surface area is 145 Å². The SMILES string of the molecule is CC(C)(C)c1conc1Cn1cc(Cc2ccccc2)c(=O)[nH]c1=O. The molecule has 0 fully saturated rings. The highest BCUT2D eigenvalue weighted by Crippen LogP contribution is 2.25. The minimum Gasteiger partial charge on any atom is -0.364 e. The summed E-state index contributed by atoms with van der Waals surface area (Å²) in [5, 5.41) is 4.03. The molecule has 0 unspecified atom stereocenters. The number of aromatic nitrogens is 3. The largest absolute Gasteiger partial charge is 0.364 e. The molecule has 3 aromatic rings. The number of nitrogens with zero attached hydrogens (tertiary/aromatic N) is 2. The van der Waals surface area contributed by atoms with E-state index in [1.165, 1.54) is 4.57 Å². The Bertz CT molecular complexity index is 975. The van der Waals surface area contributed by atoms with Crippen LogP contribution in [0.5, 0.6) is 0 Å². The summed E-state index contributed by atoms with van der Waals surface area (Å²) >= 11 is 0. The fraction of sp³-hybridized carbons (Fsp3) is 0.316. The molecule has 0 atom stereocenters. The van der Waals surface area contributed by atoms with E-state index in [0.717, 1.165) is 11.1 Å². The Morgan fingerprint density at radius 1 is 1.16 bits per heavy atom. The Morgan fingerprint density at radius 3 is 2.56 bits per heavy atom. The van der Waals surface area contributed by atoms with Gasteiger partial charge in [-0.25, -0.2) is 4.79 Å². The molecule has 0 saturated heterocycles. The van der Waals surface area contributed by atoms with E-state index >= 15 is 0 Å². The maximum Gasteiger partial charge on any atom is 0.328 e. The van der Waals surface area contributed by atoms with E-state index in [2.05, 4.69) is 30.9 Å². The van der Waals surface area contributed by atoms with Crippen LogP contribution in [0, 0.1) is 0 Å². The van der Waals surface area contributed by atoms with Crippen LogP contribution in [-0.2, 0) is 18.4 Å². The minimum atomic E-state index is -0.454. The zero-order valence-corrected chi connectivity index (χ0v) is 14.6. The van der Waals surface area contributed by atoms with Crippen LogP contribution >= 0.6 is 0 Å². The van der Waals surface area contributed by atoms with Crippen molar-refractivity contribution in [3.8, 4) is 0 Å². The van der Waals surface area contributed by atoms with Gasteiger partial charge in [-0.15, -0.1) is 0 Å². The van der Waals surface area contributed by atoms with Crippen LogP contribution in [0.1, 0.15) is 43.2 Å². The molecule has 0 amide bonds. The third kappa shape index (κ3) is 3.79. The van der Waals surface area contributed by atoms with Crippen LogP contribution in [-0.4, -0.2) is 14.7 Å². The van der Waals surface area contributed by atoms with Gasteiger partial charge in [-0.3, -0.25) is 14.3 Å². The summed E-state index contributed by atoms with van der Waals surface area (Å²) in [7, 11) is 0. The first kappa shape index (κ1) is 17.0. The van der Waals surface area contributed by atoms with Gasteiger partial charge in [0.05, 0.1) is 6.54 Å². The van der Waals surface area contributed by atoms with E-state index in [4.69, 9.17) is 4.52 Å². The van der Waals surface area contributed by atoms with E-state index in [-0.39, 0.29) is 17.5 Å². The lowest BCUT2D eigenvalue weighted by atomic mass is 9.87. The summed E-state index contributed by atoms with van der Waals surface area (Å²) in [6, 6.07) is 9.66. The fourth-order valence-corrected chi connectivity index (χ4v) is 2.76. The molecular weight excluding hydrogens is 318 g/mol. The first-order chi connectivity index (χ1) is 11.8. The van der Waals surface area contributed by atoms with Gasteiger partial charge in [-0.2, -0.15) is 0 Å². The molecule has 0 aliphatic carbocycles. The standard InChI is InChI=1S/C19H21N3O3/c1-19(2,3)15-12-25-21-16(15)11-22-10-14(17(23)20-18(22)24)9-13-7-5-4-6-8-13/h4-8,10,12H,9,11H2,1-3H3,(H,20,23,24). The molecule has 0 aliphatic rings. The third-order valence-electron chi connectivity index (χ3n) is 4.09. The van der Waals surface area contributed by atoms with E-state index in [9.17, 15) is 9.59 Å². The highest BCUT2D eigenvalue weighted by molar-refractivity contribution is 5.25. The van der Waals surface area contributed by atoms with Crippen molar-refractivity contribution in [2.75, 3.05) is 0 Å². The first-order valence-electron chi connectivity index (χ1n) is 8.15. The molecule has 0 radical (unpaired) electrons. The van der Waals surface area contributed by atoms with Gasteiger partial charge in [0.1, 0.15) is 12.0 Å². The predicted octanol–water partition coefficient (Wildman–Crippen LogP) is 2.46. The molecule has 0 bridgehead atoms. The number of nitrogens with one attached hydrogen (secondary N) is 1. The Morgan fingerprint density at radius 2 is 1.88 bits per heavy atom. The lowest BCUT2D eigenvalue weighted by Crippen LogP contribution is -2.32. The van der Waals surface area contributed by atoms with Crippen LogP contribution in [0.4, 0.5) is 0 Å². The second kappa shape index (κ2) is 6.55. The number of hydrogen-bond donors (Lipinski definition) is 1. The van der Waals surface area contributed by atoms with Gasteiger partial charge in [-0.05, 0) is 11.0 Å². The number of hydrogen-bond acceptors (Lipinski definition) is 4. The summed E-state index contributed by atoms with van der Waals surface area (Å²) in [4.78, 5) is 26.7. The highest BCUT2D eigenvalue weighted by atomic mass is 16.5. The number of rotatable bonds is 4. The topological polar surface area (TPSA) is 80.9 Å². The highest BCUT2D eigenvalue weighted by Gasteiger charge is 2.22. The van der Waals surface area contributed by atoms with Crippen LogP contribution in [0.2, 0.25) is 0 Å². The fourth-order valence-electron chi connectivity index (χ4n) is 2.76. The van der Waals surface area contributed by atoms with Gasteiger partial charge >= 0.3 is 5.69 Å². The maximum atomic E-state index is 12.2. The molecule has 1 N–H and O–H groups in total. The smallest absolute Gasteiger partial charge is 0.328 e. The zero-order chi connectivity index (χ0) is 18.0. The van der Waals surface area contributed by atoms with E-state index in [1.807, 2.05) is 30.3 Å². The second-order valence-corrected chi connectivity index (χ2v) is 7.13. The van der Waals surface area contributed by atoms with Crippen molar-refractivity contribution < 1.29 is 4.52 Å². The second-order valence-electron chi connectivity index (χ2n) is 7.13. The van der Waals surface area contributed by atoms with Crippen LogP contribution in [0.25, 0.3) is 0 Å². The molecule has 0 spiro atoms. The minimum absolute atomic E-state index is 0.145. The molecule has 3 rings (SSSR count). The lowest BCUT2D eigenvalue weighted by Gasteiger charge is -2.17. The molecule has 130 valence electrons. The molecule has 6 heteroatoms. The van der Waals surface area contributed by atoms with Crippen molar-refractivity contribution in [2.45, 2.75) is 39.2 Å². The molecule has 6 nitrogen and oxygen atoms in total. The number of aromatic amines is 1. The number of H-pyrrole nitrogens is 1. The maximum absolute atomic E-state index is 12.2. The zero-order valence-electron chi connectivity index (χ0n) is 14.6. The van der Waals surface area contributed by atoms with Gasteiger partial charge in [0.25, 0.3) is 5.56 Å². The monoisotopic (exact) mass is 339 g/mol. The van der Waals surface area contributed by atoms with Crippen LogP contribution in [0.15, 0.2) is 56.9 Å². The van der Waals surface area contributed by atoms with Gasteiger partial charge in [0, 0.05) is 23.7 Å². The Hall–Kier alpha value is -2.89. The summed E-state index contributed by atoms with van der Waals surface area (Å²) in [6.45, 7) is 6.42. The van der Waals surface area contributed by atoms with E-state index < -0.39 is 5.69 Å². The molecule has 2 heterocycles. The molecule has 0 saturated carbocycles. The lowest BCUT2D eigenvalue weighted by molar-refractivity contribution is 0.407. The summed E-state index contributed by atoms with van der Waals surface area (Å²) in [6.07, 6.45) is 3.67. The number of benzene rings is 1.